The van der Waals surface area contributed by atoms with Crippen LogP contribution in [0.2, 0.25) is 0 Å². The van der Waals surface area contributed by atoms with Crippen LogP contribution in [0.5, 0.6) is 0 Å². The highest BCUT2D eigenvalue weighted by atomic mass is 16.8. The molecule has 0 aromatic rings. The quantitative estimate of drug-likeness (QED) is 0.0199. The van der Waals surface area contributed by atoms with Gasteiger partial charge in [-0.25, -0.2) is 0 Å². The van der Waals surface area contributed by atoms with E-state index in [0.29, 0.717) is 12.8 Å². The maximum absolute atomic E-state index is 13.4. The smallest absolute Gasteiger partial charge is 0.220 e. The maximum atomic E-state index is 13.4. The fraction of sp³-hybridized carbons (Fsp3) is 0.853. The predicted octanol–water partition coefficient (Wildman–Crippen LogP) is 11.1. The minimum atomic E-state index is -1.98. The van der Waals surface area contributed by atoms with Gasteiger partial charge in [0, 0.05) is 6.42 Å². The van der Waals surface area contributed by atoms with Crippen molar-refractivity contribution in [2.45, 2.75) is 381 Å². The van der Waals surface area contributed by atoms with Crippen molar-refractivity contribution in [2.75, 3.05) is 26.4 Å². The van der Waals surface area contributed by atoms with Gasteiger partial charge in [0.05, 0.1) is 38.6 Å². The average molecular weight is 1340 g/mol. The molecule has 17 atom stereocenters. The lowest BCUT2D eigenvalue weighted by Crippen LogP contribution is -2.66. The predicted molar refractivity (Wildman–Crippen MR) is 369 cm³/mol. The second-order valence-corrected chi connectivity index (χ2v) is 26.7. The first-order valence-corrected chi connectivity index (χ1v) is 37.5. The lowest BCUT2D eigenvalue weighted by Gasteiger charge is -2.48. The SMILES string of the molecule is CCCCCCC/C=C\C/C=C\CCCCCCCCCCCCCC(=O)NC(COC1OC(CO)C(OC2OC(CO)C(OC3OC(CO)C(O)C(O)C3O)C(O)C2O)C(O)C1O)C(O)/C=C/CC/C=C/CC/C=C/CCCCCCCCCCCCCCCCCC. The Morgan fingerprint density at radius 1 is 0.383 bits per heavy atom. The summed E-state index contributed by atoms with van der Waals surface area (Å²) in [4.78, 5) is 13.4. The number of nitrogens with one attached hydrogen (secondary N) is 1. The highest BCUT2D eigenvalue weighted by Crippen LogP contribution is 2.33. The molecule has 12 N–H and O–H groups in total. The third-order valence-corrected chi connectivity index (χ3v) is 18.5. The number of carbonyl (C=O) groups excluding carboxylic acids is 1. The molecule has 548 valence electrons. The van der Waals surface area contributed by atoms with Gasteiger partial charge in [0.1, 0.15) is 73.2 Å². The summed E-state index contributed by atoms with van der Waals surface area (Å²) in [5.74, 6) is -0.291. The summed E-state index contributed by atoms with van der Waals surface area (Å²) in [7, 11) is 0. The lowest BCUT2D eigenvalue weighted by atomic mass is 9.96. The summed E-state index contributed by atoms with van der Waals surface area (Å²) < 4.78 is 34.4. The molecular weight excluding hydrogens is 1200 g/mol. The topological polar surface area (TPSA) is 307 Å². The second-order valence-electron chi connectivity index (χ2n) is 26.7. The lowest BCUT2D eigenvalue weighted by molar-refractivity contribution is -0.379. The van der Waals surface area contributed by atoms with Crippen LogP contribution >= 0.6 is 0 Å². The fourth-order valence-electron chi connectivity index (χ4n) is 12.4. The second kappa shape index (κ2) is 56.3. The van der Waals surface area contributed by atoms with E-state index in [0.717, 1.165) is 64.2 Å². The van der Waals surface area contributed by atoms with Crippen molar-refractivity contribution >= 4 is 5.91 Å². The molecule has 1 amide bonds. The summed E-state index contributed by atoms with van der Waals surface area (Å²) in [6.07, 6.45) is 43.4. The number of hydrogen-bond acceptors (Lipinski definition) is 18. The Morgan fingerprint density at radius 2 is 0.713 bits per heavy atom. The van der Waals surface area contributed by atoms with Gasteiger partial charge >= 0.3 is 0 Å². The van der Waals surface area contributed by atoms with Gasteiger partial charge in [-0.1, -0.05) is 254 Å². The van der Waals surface area contributed by atoms with E-state index in [9.17, 15) is 61.0 Å². The number of aliphatic hydroxyl groups excluding tert-OH is 11. The maximum Gasteiger partial charge on any atom is 0.220 e. The van der Waals surface area contributed by atoms with E-state index in [1.54, 1.807) is 6.08 Å². The van der Waals surface area contributed by atoms with Gasteiger partial charge in [0.2, 0.25) is 5.91 Å². The molecule has 3 saturated heterocycles. The van der Waals surface area contributed by atoms with Crippen LogP contribution in [0.3, 0.4) is 0 Å². The van der Waals surface area contributed by atoms with Gasteiger partial charge in [-0.3, -0.25) is 4.79 Å². The molecule has 3 aliphatic heterocycles. The van der Waals surface area contributed by atoms with E-state index in [-0.39, 0.29) is 18.9 Å². The molecule has 19 heteroatoms. The van der Waals surface area contributed by atoms with Crippen molar-refractivity contribution in [3.63, 3.8) is 0 Å². The summed E-state index contributed by atoms with van der Waals surface area (Å²) in [6.45, 7) is 1.72. The van der Waals surface area contributed by atoms with Crippen LogP contribution in [-0.2, 0) is 33.2 Å². The van der Waals surface area contributed by atoms with Gasteiger partial charge < -0.3 is 89.9 Å². The summed E-state index contributed by atoms with van der Waals surface area (Å²) in [5, 5.41) is 121. The standard InChI is InChI=1S/C75H135NO18/c1-3-5-7-9-11-13-15-17-19-21-23-25-27-28-29-31-32-34-36-38-40-42-44-46-48-50-52-59(80)58(76-63(81)53-51-49-47-45-43-41-39-37-35-33-30-26-24-22-20-18-16-14-12-10-8-6-4-2)57-89-73-69(87)66(84)71(61(55-78)91-73)94-75-70(88)67(85)72(62(56-79)92-75)93-74-68(86)65(83)64(82)60(54-77)90-74/h16,18,22,24,34,36,42,44,50,52,58-62,64-75,77-80,82-88H,3-15,17,19-21,23,25-33,35,37-41,43,45-49,51,53-57H2,1-2H3,(H,76,81)/b18-16-,24-22-,36-34+,44-42+,52-50+. The van der Waals surface area contributed by atoms with Crippen molar-refractivity contribution in [2.24, 2.45) is 0 Å². The van der Waals surface area contributed by atoms with Crippen LogP contribution in [0.15, 0.2) is 60.8 Å². The Bertz CT molecular complexity index is 1940. The molecule has 0 spiro atoms. The normalized spacial score (nSPS) is 27.7. The Balaban J connectivity index is 1.43. The number of carbonyl (C=O) groups is 1. The minimum Gasteiger partial charge on any atom is -0.394 e. The van der Waals surface area contributed by atoms with E-state index in [1.165, 1.54) is 180 Å². The molecule has 0 aromatic heterocycles. The fourth-order valence-corrected chi connectivity index (χ4v) is 12.4. The summed E-state index contributed by atoms with van der Waals surface area (Å²) in [5.41, 5.74) is 0. The van der Waals surface area contributed by atoms with Crippen molar-refractivity contribution in [1.82, 2.24) is 5.32 Å². The molecule has 19 nitrogen and oxygen atoms in total. The number of allylic oxidation sites excluding steroid dienone is 9. The van der Waals surface area contributed by atoms with E-state index in [1.807, 2.05) is 6.08 Å². The first kappa shape index (κ1) is 85.7. The van der Waals surface area contributed by atoms with Crippen molar-refractivity contribution in [1.29, 1.82) is 0 Å². The summed E-state index contributed by atoms with van der Waals surface area (Å²) in [6, 6.07) is -1.00. The Hall–Kier alpha value is -2.51. The third kappa shape index (κ3) is 37.1. The number of ether oxygens (including phenoxy) is 6. The molecule has 0 aromatic carbocycles. The molecule has 0 bridgehead atoms. The number of hydrogen-bond donors (Lipinski definition) is 12. The molecule has 3 rings (SSSR count). The Morgan fingerprint density at radius 3 is 1.13 bits per heavy atom. The van der Waals surface area contributed by atoms with E-state index in [2.05, 4.69) is 67.8 Å². The van der Waals surface area contributed by atoms with Crippen molar-refractivity contribution < 1.29 is 89.4 Å². The minimum absolute atomic E-state index is 0.228. The first-order chi connectivity index (χ1) is 45.8. The van der Waals surface area contributed by atoms with Gasteiger partial charge in [-0.15, -0.1) is 0 Å². The van der Waals surface area contributed by atoms with Crippen molar-refractivity contribution in [3.8, 4) is 0 Å². The highest BCUT2D eigenvalue weighted by molar-refractivity contribution is 5.76. The molecule has 0 aliphatic carbocycles. The zero-order valence-electron chi connectivity index (χ0n) is 58.2. The van der Waals surface area contributed by atoms with Crippen LogP contribution in [0.1, 0.15) is 277 Å². The molecule has 3 aliphatic rings. The number of unbranched alkanes of at least 4 members (excludes halogenated alkanes) is 34. The first-order valence-electron chi connectivity index (χ1n) is 37.5. The molecule has 3 heterocycles. The van der Waals surface area contributed by atoms with E-state index >= 15 is 0 Å². The zero-order chi connectivity index (χ0) is 68.2. The monoisotopic (exact) mass is 1340 g/mol. The van der Waals surface area contributed by atoms with Crippen LogP contribution in [0.25, 0.3) is 0 Å². The van der Waals surface area contributed by atoms with Crippen molar-refractivity contribution in [3.05, 3.63) is 60.8 Å². The van der Waals surface area contributed by atoms with Crippen LogP contribution in [0.4, 0.5) is 0 Å². The zero-order valence-corrected chi connectivity index (χ0v) is 58.2. The molecule has 3 fully saturated rings. The third-order valence-electron chi connectivity index (χ3n) is 18.5. The largest absolute Gasteiger partial charge is 0.394 e. The highest BCUT2D eigenvalue weighted by Gasteiger charge is 2.53. The van der Waals surface area contributed by atoms with Gasteiger partial charge in [-0.2, -0.15) is 0 Å². The van der Waals surface area contributed by atoms with Gasteiger partial charge in [0.25, 0.3) is 0 Å². The number of aliphatic hydroxyl groups is 11. The number of amides is 1. The van der Waals surface area contributed by atoms with Crippen LogP contribution in [0, 0.1) is 0 Å². The van der Waals surface area contributed by atoms with Crippen LogP contribution < -0.4 is 5.32 Å². The number of rotatable bonds is 58. The molecule has 0 radical (unpaired) electrons. The van der Waals surface area contributed by atoms with Crippen LogP contribution in [-0.4, -0.2) is 193 Å². The summed E-state index contributed by atoms with van der Waals surface area (Å²) >= 11 is 0. The Labute approximate surface area is 566 Å². The van der Waals surface area contributed by atoms with E-state index < -0.39 is 124 Å². The Kier molecular flexibility index (Phi) is 51.3. The molecular formula is C75H135NO18. The molecule has 94 heavy (non-hydrogen) atoms. The molecule has 17 unspecified atom stereocenters. The van der Waals surface area contributed by atoms with E-state index in [4.69, 9.17) is 28.4 Å². The molecule has 0 saturated carbocycles. The average Bonchev–Trinajstić information content (AvgIpc) is 0.787. The van der Waals surface area contributed by atoms with Gasteiger partial charge in [-0.05, 0) is 77.0 Å². The van der Waals surface area contributed by atoms with Gasteiger partial charge in [0.15, 0.2) is 18.9 Å².